The Morgan fingerprint density at radius 1 is 1.25 bits per heavy atom. The number of hydrogen-bond acceptors (Lipinski definition) is 3. The summed E-state index contributed by atoms with van der Waals surface area (Å²) in [4.78, 5) is 3.25. The molecule has 74 valence electrons. The highest BCUT2D eigenvalue weighted by molar-refractivity contribution is 7.79. The van der Waals surface area contributed by atoms with Gasteiger partial charge in [-0.15, -0.1) is 0 Å². The summed E-state index contributed by atoms with van der Waals surface area (Å²) in [7, 11) is 1.64. The fourth-order valence-corrected chi connectivity index (χ4v) is 0. The van der Waals surface area contributed by atoms with Crippen molar-refractivity contribution in [2.75, 3.05) is 19.6 Å². The van der Waals surface area contributed by atoms with Gasteiger partial charge in [-0.3, -0.25) is 0 Å². The molecule has 0 amide bonds. The lowest BCUT2D eigenvalue weighted by Gasteiger charge is -1.71. The van der Waals surface area contributed by atoms with Gasteiger partial charge in [-0.1, -0.05) is 24.8 Å². The van der Waals surface area contributed by atoms with Crippen molar-refractivity contribution in [1.29, 1.82) is 0 Å². The molecule has 0 N–H and O–H groups in total. The van der Waals surface area contributed by atoms with Crippen molar-refractivity contribution in [2.24, 2.45) is 4.99 Å². The summed E-state index contributed by atoms with van der Waals surface area (Å²) in [6, 6.07) is 0. The van der Waals surface area contributed by atoms with Gasteiger partial charge < -0.3 is 4.99 Å². The Morgan fingerprint density at radius 3 is 1.33 bits per heavy atom. The van der Waals surface area contributed by atoms with Crippen molar-refractivity contribution >= 4 is 32.0 Å². The molecule has 0 aliphatic heterocycles. The zero-order chi connectivity index (χ0) is 11.0. The molecule has 0 aromatic carbocycles. The molecule has 0 saturated carbocycles. The van der Waals surface area contributed by atoms with Crippen LogP contribution in [0, 0.1) is 0 Å². The SMILES string of the molecule is C=CC(=C)C.C=NC.CS.CS. The van der Waals surface area contributed by atoms with Crippen LogP contribution in [-0.4, -0.2) is 26.3 Å². The Balaban J connectivity index is -0.0000000397. The molecule has 0 aliphatic carbocycles. The Kier molecular flexibility index (Phi) is 84.4. The molecule has 3 heteroatoms. The highest BCUT2D eigenvalue weighted by atomic mass is 32.1. The molecular weight excluding hydrogens is 186 g/mol. The van der Waals surface area contributed by atoms with E-state index in [1.165, 1.54) is 0 Å². The molecule has 0 unspecified atom stereocenters. The summed E-state index contributed by atoms with van der Waals surface area (Å²) in [5.74, 6) is 0. The van der Waals surface area contributed by atoms with Crippen molar-refractivity contribution in [3.8, 4) is 0 Å². The van der Waals surface area contributed by atoms with Crippen LogP contribution in [0.2, 0.25) is 0 Å². The molecule has 0 spiro atoms. The molecule has 0 bridgehead atoms. The summed E-state index contributed by atoms with van der Waals surface area (Å²) in [5.41, 5.74) is 1.02. The van der Waals surface area contributed by atoms with E-state index in [0.29, 0.717) is 0 Å². The van der Waals surface area contributed by atoms with Crippen LogP contribution in [0.25, 0.3) is 0 Å². The van der Waals surface area contributed by atoms with E-state index in [1.54, 1.807) is 25.6 Å². The lowest BCUT2D eigenvalue weighted by atomic mass is 10.4. The molecule has 0 heterocycles. The second-order valence-electron chi connectivity index (χ2n) is 1.37. The maximum atomic E-state index is 3.56. The maximum absolute atomic E-state index is 3.56. The fraction of sp³-hybridized carbons (Fsp3) is 0.444. The van der Waals surface area contributed by atoms with Gasteiger partial charge in [0.1, 0.15) is 0 Å². The van der Waals surface area contributed by atoms with Crippen LogP contribution < -0.4 is 0 Å². The zero-order valence-corrected chi connectivity index (χ0v) is 10.3. The van der Waals surface area contributed by atoms with E-state index in [9.17, 15) is 0 Å². The minimum atomic E-state index is 1.02. The van der Waals surface area contributed by atoms with Crippen molar-refractivity contribution < 1.29 is 0 Å². The summed E-state index contributed by atoms with van der Waals surface area (Å²) in [5, 5.41) is 0. The van der Waals surface area contributed by atoms with Crippen LogP contribution in [0.5, 0.6) is 0 Å². The van der Waals surface area contributed by atoms with Crippen molar-refractivity contribution in [2.45, 2.75) is 6.92 Å². The summed E-state index contributed by atoms with van der Waals surface area (Å²) in [6.07, 6.45) is 5.11. The third-order valence-corrected chi connectivity index (χ3v) is 0.348. The minimum absolute atomic E-state index is 1.02. The van der Waals surface area contributed by atoms with E-state index in [-0.39, 0.29) is 0 Å². The smallest absolute Gasteiger partial charge is 0.0269 e. The van der Waals surface area contributed by atoms with E-state index in [4.69, 9.17) is 0 Å². The molecule has 0 rings (SSSR count). The molecule has 0 aliphatic rings. The molecule has 0 radical (unpaired) electrons. The van der Waals surface area contributed by atoms with Gasteiger partial charge in [0.25, 0.3) is 0 Å². The van der Waals surface area contributed by atoms with E-state index in [0.717, 1.165) is 5.57 Å². The quantitative estimate of drug-likeness (QED) is 0.372. The first kappa shape index (κ1) is 22.6. The average molecular weight is 207 g/mol. The summed E-state index contributed by atoms with van der Waals surface area (Å²) >= 11 is 7.06. The Bertz CT molecular complexity index is 90.5. The van der Waals surface area contributed by atoms with E-state index >= 15 is 0 Å². The molecule has 0 atom stereocenters. The van der Waals surface area contributed by atoms with Crippen LogP contribution in [-0.2, 0) is 0 Å². The number of thiol groups is 2. The lowest BCUT2D eigenvalue weighted by molar-refractivity contribution is 1.49. The highest BCUT2D eigenvalue weighted by Gasteiger charge is 1.59. The number of hydrogen-bond donors (Lipinski definition) is 2. The Hall–Kier alpha value is -0.150. The van der Waals surface area contributed by atoms with E-state index in [2.05, 4.69) is 50.1 Å². The predicted molar refractivity (Wildman–Crippen MR) is 70.3 cm³/mol. The van der Waals surface area contributed by atoms with Gasteiger partial charge in [-0.05, 0) is 26.2 Å². The van der Waals surface area contributed by atoms with Crippen LogP contribution >= 0.6 is 25.3 Å². The summed E-state index contributed by atoms with van der Waals surface area (Å²) in [6.45, 7) is 12.0. The van der Waals surface area contributed by atoms with Crippen LogP contribution in [0.1, 0.15) is 6.92 Å². The molecule has 12 heavy (non-hydrogen) atoms. The largest absolute Gasteiger partial charge is 0.304 e. The maximum Gasteiger partial charge on any atom is 0.0269 e. The Morgan fingerprint density at radius 2 is 1.33 bits per heavy atom. The second-order valence-corrected chi connectivity index (χ2v) is 1.37. The van der Waals surface area contributed by atoms with Gasteiger partial charge in [-0.2, -0.15) is 25.3 Å². The molecule has 0 aromatic heterocycles. The molecule has 0 aromatic rings. The van der Waals surface area contributed by atoms with Gasteiger partial charge in [0.2, 0.25) is 0 Å². The third kappa shape index (κ3) is 225. The number of nitrogens with zero attached hydrogens (tertiary/aromatic N) is 1. The standard InChI is InChI=1S/C5H8.C2H5N.2CH4S/c1-4-5(2)3;1-3-2;2*1-2/h4H,1-2H2,3H3;1H2,2H3;2*2H,1H3. The fourth-order valence-electron chi connectivity index (χ4n) is 0. The molecule has 1 nitrogen and oxygen atoms in total. The van der Waals surface area contributed by atoms with E-state index in [1.807, 2.05) is 6.92 Å². The van der Waals surface area contributed by atoms with E-state index < -0.39 is 0 Å². The molecule has 0 saturated heterocycles. The van der Waals surface area contributed by atoms with Crippen LogP contribution in [0.3, 0.4) is 0 Å². The summed E-state index contributed by atoms with van der Waals surface area (Å²) < 4.78 is 0. The van der Waals surface area contributed by atoms with Crippen LogP contribution in [0.4, 0.5) is 0 Å². The lowest BCUT2D eigenvalue weighted by Crippen LogP contribution is -1.50. The zero-order valence-electron chi connectivity index (χ0n) is 8.54. The topological polar surface area (TPSA) is 12.4 Å². The van der Waals surface area contributed by atoms with Crippen molar-refractivity contribution in [3.63, 3.8) is 0 Å². The second kappa shape index (κ2) is 44.8. The van der Waals surface area contributed by atoms with Crippen LogP contribution in [0.15, 0.2) is 29.8 Å². The highest BCUT2D eigenvalue weighted by Crippen LogP contribution is 1.81. The van der Waals surface area contributed by atoms with Gasteiger partial charge >= 0.3 is 0 Å². The van der Waals surface area contributed by atoms with Crippen molar-refractivity contribution in [3.05, 3.63) is 24.8 Å². The monoisotopic (exact) mass is 207 g/mol. The number of rotatable bonds is 1. The number of allylic oxidation sites excluding steroid dienone is 2. The predicted octanol–water partition coefficient (Wildman–Crippen LogP) is 3.16. The van der Waals surface area contributed by atoms with Gasteiger partial charge in [0, 0.05) is 7.05 Å². The first-order valence-electron chi connectivity index (χ1n) is 3.21. The van der Waals surface area contributed by atoms with Gasteiger partial charge in [0.05, 0.1) is 0 Å². The molecular formula is C9H21NS2. The number of aliphatic imine (C=N–C) groups is 1. The normalized spacial score (nSPS) is 4.83. The molecule has 0 fully saturated rings. The first-order chi connectivity index (χ1) is 5.68. The van der Waals surface area contributed by atoms with Crippen molar-refractivity contribution in [1.82, 2.24) is 0 Å². The third-order valence-electron chi connectivity index (χ3n) is 0.348. The Labute approximate surface area is 88.5 Å². The first-order valence-corrected chi connectivity index (χ1v) is 5.00. The van der Waals surface area contributed by atoms with Gasteiger partial charge in [-0.25, -0.2) is 0 Å². The minimum Gasteiger partial charge on any atom is -0.304 e. The van der Waals surface area contributed by atoms with Gasteiger partial charge in [0.15, 0.2) is 0 Å². The average Bonchev–Trinajstić information content (AvgIpc) is 2.13.